The van der Waals surface area contributed by atoms with Crippen molar-refractivity contribution in [1.29, 1.82) is 0 Å². The van der Waals surface area contributed by atoms with E-state index in [4.69, 9.17) is 14.2 Å². The average Bonchev–Trinajstić information content (AvgIpc) is 2.65. The lowest BCUT2D eigenvalue weighted by Crippen LogP contribution is -2.10. The molecule has 0 bridgehead atoms. The third kappa shape index (κ3) is 5.61. The molecule has 0 heterocycles. The van der Waals surface area contributed by atoms with Crippen LogP contribution in [-0.4, -0.2) is 19.2 Å². The Bertz CT molecular complexity index is 664. The minimum atomic E-state index is -0.402. The van der Waals surface area contributed by atoms with Gasteiger partial charge in [-0.2, -0.15) is 0 Å². The van der Waals surface area contributed by atoms with Gasteiger partial charge in [0.2, 0.25) is 0 Å². The van der Waals surface area contributed by atoms with Gasteiger partial charge in [0, 0.05) is 6.61 Å². The number of para-hydroxylation sites is 2. The van der Waals surface area contributed by atoms with Crippen molar-refractivity contribution in [3.05, 3.63) is 59.7 Å². The lowest BCUT2D eigenvalue weighted by molar-refractivity contribution is 0.0660. The van der Waals surface area contributed by atoms with E-state index in [0.29, 0.717) is 23.7 Å². The van der Waals surface area contributed by atoms with Gasteiger partial charge in [0.25, 0.3) is 0 Å². The first-order valence-corrected chi connectivity index (χ1v) is 8.81. The summed E-state index contributed by atoms with van der Waals surface area (Å²) in [5.74, 6) is 0.613. The van der Waals surface area contributed by atoms with Gasteiger partial charge in [0.15, 0.2) is 11.5 Å². The van der Waals surface area contributed by atoms with Crippen molar-refractivity contribution in [3.63, 3.8) is 0 Å². The van der Waals surface area contributed by atoms with Crippen molar-refractivity contribution < 1.29 is 19.0 Å². The quantitative estimate of drug-likeness (QED) is 0.465. The van der Waals surface area contributed by atoms with Gasteiger partial charge in [0.05, 0.1) is 18.3 Å². The Morgan fingerprint density at radius 2 is 1.56 bits per heavy atom. The fraction of sp³-hybridized carbons (Fsp3) is 0.381. The molecule has 2 aromatic carbocycles. The lowest BCUT2D eigenvalue weighted by Gasteiger charge is -2.13. The van der Waals surface area contributed by atoms with Crippen LogP contribution in [0.15, 0.2) is 48.5 Å². The maximum atomic E-state index is 12.4. The highest BCUT2D eigenvalue weighted by molar-refractivity contribution is 5.91. The largest absolute Gasteiger partial charge is 0.490 e. The Morgan fingerprint density at radius 3 is 2.20 bits per heavy atom. The summed E-state index contributed by atoms with van der Waals surface area (Å²) >= 11 is 0. The number of carbonyl (C=O) groups excluding carboxylic acids is 1. The number of hydrogen-bond donors (Lipinski definition) is 0. The monoisotopic (exact) mass is 342 g/mol. The molecule has 0 fully saturated rings. The minimum absolute atomic E-state index is 0.00758. The topological polar surface area (TPSA) is 44.8 Å². The van der Waals surface area contributed by atoms with E-state index >= 15 is 0 Å². The number of ether oxygens (including phenoxy) is 3. The summed E-state index contributed by atoms with van der Waals surface area (Å²) in [5.41, 5.74) is 1.54. The smallest absolute Gasteiger partial charge is 0.343 e. The minimum Gasteiger partial charge on any atom is -0.490 e. The molecule has 0 saturated heterocycles. The van der Waals surface area contributed by atoms with Crippen LogP contribution >= 0.6 is 0 Å². The summed E-state index contributed by atoms with van der Waals surface area (Å²) in [6, 6.07) is 14.5. The Hall–Kier alpha value is -2.33. The summed E-state index contributed by atoms with van der Waals surface area (Å²) in [6.07, 6.45) is 1.88. The maximum absolute atomic E-state index is 12.4. The van der Waals surface area contributed by atoms with Crippen LogP contribution in [0.5, 0.6) is 11.5 Å². The molecule has 2 aromatic rings. The zero-order valence-corrected chi connectivity index (χ0v) is 15.2. The second-order valence-corrected chi connectivity index (χ2v) is 5.82. The van der Waals surface area contributed by atoms with Crippen LogP contribution in [0.25, 0.3) is 0 Å². The van der Waals surface area contributed by atoms with E-state index in [9.17, 15) is 4.79 Å². The lowest BCUT2D eigenvalue weighted by atomic mass is 10.1. The maximum Gasteiger partial charge on any atom is 0.343 e. The zero-order valence-electron chi connectivity index (χ0n) is 15.2. The molecule has 0 saturated carbocycles. The van der Waals surface area contributed by atoms with Crippen molar-refractivity contribution in [2.24, 2.45) is 0 Å². The van der Waals surface area contributed by atoms with Crippen LogP contribution in [0.4, 0.5) is 0 Å². The first-order valence-electron chi connectivity index (χ1n) is 8.81. The normalized spacial score (nSPS) is 11.8. The fourth-order valence-electron chi connectivity index (χ4n) is 2.31. The van der Waals surface area contributed by atoms with E-state index < -0.39 is 5.97 Å². The molecular formula is C21H26O4. The number of hydrogen-bond acceptors (Lipinski definition) is 4. The van der Waals surface area contributed by atoms with Gasteiger partial charge < -0.3 is 14.2 Å². The number of esters is 1. The Labute approximate surface area is 149 Å². The molecule has 0 spiro atoms. The van der Waals surface area contributed by atoms with Gasteiger partial charge in [0.1, 0.15) is 0 Å². The summed E-state index contributed by atoms with van der Waals surface area (Å²) in [6.45, 7) is 7.41. The van der Waals surface area contributed by atoms with Gasteiger partial charge in [-0.25, -0.2) is 4.79 Å². The van der Waals surface area contributed by atoms with Crippen LogP contribution in [0.2, 0.25) is 0 Å². The highest BCUT2D eigenvalue weighted by Crippen LogP contribution is 2.27. The van der Waals surface area contributed by atoms with Gasteiger partial charge in [-0.15, -0.1) is 0 Å². The van der Waals surface area contributed by atoms with Gasteiger partial charge >= 0.3 is 5.97 Å². The van der Waals surface area contributed by atoms with Crippen LogP contribution in [-0.2, 0) is 4.74 Å². The van der Waals surface area contributed by atoms with E-state index in [1.165, 1.54) is 0 Å². The van der Waals surface area contributed by atoms with Crippen LogP contribution in [0, 0.1) is 0 Å². The number of benzene rings is 2. The summed E-state index contributed by atoms with van der Waals surface area (Å²) in [4.78, 5) is 12.4. The molecule has 0 aromatic heterocycles. The van der Waals surface area contributed by atoms with Crippen LogP contribution in [0.3, 0.4) is 0 Å². The first kappa shape index (κ1) is 19.0. The standard InChI is InChI=1S/C21H26O4/c1-4-14-23-16(3)17-10-12-18(13-11-17)21(22)25-20-9-7-6-8-19(20)24-15-5-2/h6-13,16H,4-5,14-15H2,1-3H3. The Balaban J connectivity index is 2.04. The predicted molar refractivity (Wildman–Crippen MR) is 98.3 cm³/mol. The van der Waals surface area contributed by atoms with E-state index in [0.717, 1.165) is 25.0 Å². The molecule has 0 aliphatic heterocycles. The van der Waals surface area contributed by atoms with Crippen LogP contribution in [0.1, 0.15) is 55.6 Å². The van der Waals surface area contributed by atoms with Gasteiger partial charge in [-0.3, -0.25) is 0 Å². The Morgan fingerprint density at radius 1 is 0.920 bits per heavy atom. The molecule has 4 nitrogen and oxygen atoms in total. The van der Waals surface area contributed by atoms with E-state index in [2.05, 4.69) is 6.92 Å². The highest BCUT2D eigenvalue weighted by atomic mass is 16.6. The predicted octanol–water partition coefficient (Wildman–Crippen LogP) is 5.18. The van der Waals surface area contributed by atoms with Crippen LogP contribution < -0.4 is 9.47 Å². The molecule has 0 aliphatic carbocycles. The molecule has 0 aliphatic rings. The van der Waals surface area contributed by atoms with E-state index in [1.807, 2.05) is 38.1 Å². The molecule has 0 radical (unpaired) electrons. The molecule has 25 heavy (non-hydrogen) atoms. The molecular weight excluding hydrogens is 316 g/mol. The molecule has 0 amide bonds. The second kappa shape index (κ2) is 9.84. The van der Waals surface area contributed by atoms with Crippen molar-refractivity contribution in [3.8, 4) is 11.5 Å². The second-order valence-electron chi connectivity index (χ2n) is 5.82. The molecule has 134 valence electrons. The van der Waals surface area contributed by atoms with E-state index in [1.54, 1.807) is 24.3 Å². The van der Waals surface area contributed by atoms with E-state index in [-0.39, 0.29) is 6.10 Å². The molecule has 0 N–H and O–H groups in total. The van der Waals surface area contributed by atoms with Gasteiger partial charge in [-0.05, 0) is 49.6 Å². The van der Waals surface area contributed by atoms with Gasteiger partial charge in [-0.1, -0.05) is 38.1 Å². The van der Waals surface area contributed by atoms with Crippen molar-refractivity contribution in [1.82, 2.24) is 0 Å². The highest BCUT2D eigenvalue weighted by Gasteiger charge is 2.13. The summed E-state index contributed by atoms with van der Waals surface area (Å²) in [7, 11) is 0. The molecule has 4 heteroatoms. The summed E-state index contributed by atoms with van der Waals surface area (Å²) < 4.78 is 16.8. The first-order chi connectivity index (χ1) is 12.2. The summed E-state index contributed by atoms with van der Waals surface area (Å²) in [5, 5.41) is 0. The average molecular weight is 342 g/mol. The third-order valence-corrected chi connectivity index (χ3v) is 3.70. The Kier molecular flexibility index (Phi) is 7.48. The van der Waals surface area contributed by atoms with Crippen molar-refractivity contribution in [2.45, 2.75) is 39.7 Å². The number of carbonyl (C=O) groups is 1. The van der Waals surface area contributed by atoms with Crippen molar-refractivity contribution >= 4 is 5.97 Å². The molecule has 1 unspecified atom stereocenters. The van der Waals surface area contributed by atoms with Crippen molar-refractivity contribution in [2.75, 3.05) is 13.2 Å². The SMILES string of the molecule is CCCOc1ccccc1OC(=O)c1ccc(C(C)OCCC)cc1. The third-order valence-electron chi connectivity index (χ3n) is 3.70. The fourth-order valence-corrected chi connectivity index (χ4v) is 2.31. The number of rotatable bonds is 9. The molecule has 2 rings (SSSR count). The zero-order chi connectivity index (χ0) is 18.1. The molecule has 1 atom stereocenters.